The van der Waals surface area contributed by atoms with E-state index in [1.807, 2.05) is 31.3 Å². The average Bonchev–Trinajstić information content (AvgIpc) is 3.05. The first-order valence-electron chi connectivity index (χ1n) is 6.61. The monoisotopic (exact) mass is 289 g/mol. The number of aryl methyl sites for hydroxylation is 1. The van der Waals surface area contributed by atoms with Gasteiger partial charge in [-0.1, -0.05) is 0 Å². The summed E-state index contributed by atoms with van der Waals surface area (Å²) in [6.45, 7) is 4.17. The molecule has 3 rings (SSSR count). The van der Waals surface area contributed by atoms with E-state index < -0.39 is 0 Å². The summed E-state index contributed by atoms with van der Waals surface area (Å²) in [6, 6.07) is 6.04. The highest BCUT2D eigenvalue weighted by molar-refractivity contribution is 6.16. The Morgan fingerprint density at radius 1 is 1.40 bits per heavy atom. The van der Waals surface area contributed by atoms with Crippen LogP contribution in [0.3, 0.4) is 0 Å². The number of halogens is 1. The molecule has 0 aliphatic carbocycles. The van der Waals surface area contributed by atoms with Crippen molar-refractivity contribution in [2.45, 2.75) is 32.2 Å². The van der Waals surface area contributed by atoms with Gasteiger partial charge in [0.1, 0.15) is 17.1 Å². The number of alkyl halides is 1. The maximum absolute atomic E-state index is 6.05. The quantitative estimate of drug-likeness (QED) is 0.685. The molecule has 0 spiro atoms. The zero-order chi connectivity index (χ0) is 14.1. The van der Waals surface area contributed by atoms with Gasteiger partial charge >= 0.3 is 0 Å². The molecule has 5 heteroatoms. The molecule has 0 aromatic carbocycles. The van der Waals surface area contributed by atoms with Crippen molar-refractivity contribution in [2.75, 3.05) is 0 Å². The van der Waals surface area contributed by atoms with E-state index in [1.54, 1.807) is 6.26 Å². The zero-order valence-electron chi connectivity index (χ0n) is 11.5. The van der Waals surface area contributed by atoms with E-state index in [9.17, 15) is 0 Å². The number of imidazole rings is 1. The zero-order valence-corrected chi connectivity index (χ0v) is 12.3. The Labute approximate surface area is 122 Å². The Balaban J connectivity index is 2.07. The van der Waals surface area contributed by atoms with E-state index >= 15 is 0 Å². The summed E-state index contributed by atoms with van der Waals surface area (Å²) in [4.78, 5) is 9.09. The van der Waals surface area contributed by atoms with Crippen molar-refractivity contribution in [1.29, 1.82) is 0 Å². The molecule has 0 amide bonds. The van der Waals surface area contributed by atoms with Gasteiger partial charge in [0.2, 0.25) is 0 Å². The number of nitrogens with zero attached hydrogens (tertiary/aromatic N) is 3. The highest BCUT2D eigenvalue weighted by Crippen LogP contribution is 2.25. The lowest BCUT2D eigenvalue weighted by Gasteiger charge is -2.15. The third-order valence-electron chi connectivity index (χ3n) is 3.49. The molecule has 1 atom stereocenters. The predicted molar refractivity (Wildman–Crippen MR) is 78.9 cm³/mol. The van der Waals surface area contributed by atoms with Crippen molar-refractivity contribution < 1.29 is 4.42 Å². The summed E-state index contributed by atoms with van der Waals surface area (Å²) in [7, 11) is 0. The maximum Gasteiger partial charge on any atom is 0.160 e. The second-order valence-electron chi connectivity index (χ2n) is 4.96. The Hall–Kier alpha value is -1.81. The van der Waals surface area contributed by atoms with Gasteiger partial charge in [-0.2, -0.15) is 0 Å². The molecule has 0 N–H and O–H groups in total. The molecule has 20 heavy (non-hydrogen) atoms. The lowest BCUT2D eigenvalue weighted by atomic mass is 10.2. The SMILES string of the molecule is Cc1ccnc2c1nc(CCl)n2C(C)Cc1ccco1. The number of furan rings is 1. The van der Waals surface area contributed by atoms with Crippen LogP contribution in [-0.2, 0) is 12.3 Å². The summed E-state index contributed by atoms with van der Waals surface area (Å²) in [6.07, 6.45) is 4.30. The van der Waals surface area contributed by atoms with Gasteiger partial charge in [-0.3, -0.25) is 0 Å². The van der Waals surface area contributed by atoms with Gasteiger partial charge in [-0.05, 0) is 37.6 Å². The topological polar surface area (TPSA) is 43.9 Å². The van der Waals surface area contributed by atoms with Crippen LogP contribution >= 0.6 is 11.6 Å². The van der Waals surface area contributed by atoms with E-state index in [2.05, 4.69) is 21.5 Å². The van der Waals surface area contributed by atoms with E-state index in [1.165, 1.54) is 0 Å². The number of aromatic nitrogens is 3. The molecule has 0 saturated carbocycles. The summed E-state index contributed by atoms with van der Waals surface area (Å²) >= 11 is 6.05. The summed E-state index contributed by atoms with van der Waals surface area (Å²) in [5, 5.41) is 0. The van der Waals surface area contributed by atoms with Crippen LogP contribution in [-0.4, -0.2) is 14.5 Å². The number of pyridine rings is 1. The van der Waals surface area contributed by atoms with Gasteiger partial charge in [0.05, 0.1) is 12.1 Å². The van der Waals surface area contributed by atoms with Crippen molar-refractivity contribution in [3.8, 4) is 0 Å². The van der Waals surface area contributed by atoms with E-state index in [-0.39, 0.29) is 6.04 Å². The van der Waals surface area contributed by atoms with Crippen LogP contribution in [0, 0.1) is 6.92 Å². The van der Waals surface area contributed by atoms with Crippen LogP contribution in [0.25, 0.3) is 11.2 Å². The lowest BCUT2D eigenvalue weighted by Crippen LogP contribution is -2.11. The smallest absolute Gasteiger partial charge is 0.160 e. The van der Waals surface area contributed by atoms with E-state index in [4.69, 9.17) is 16.0 Å². The highest BCUT2D eigenvalue weighted by Gasteiger charge is 2.18. The average molecular weight is 290 g/mol. The Morgan fingerprint density at radius 2 is 2.25 bits per heavy atom. The fourth-order valence-corrected chi connectivity index (χ4v) is 2.71. The third-order valence-corrected chi connectivity index (χ3v) is 3.73. The van der Waals surface area contributed by atoms with Crippen LogP contribution in [0.2, 0.25) is 0 Å². The fraction of sp³-hybridized carbons (Fsp3) is 0.333. The fourth-order valence-electron chi connectivity index (χ4n) is 2.52. The summed E-state index contributed by atoms with van der Waals surface area (Å²) in [5.41, 5.74) is 2.93. The van der Waals surface area contributed by atoms with Crippen LogP contribution < -0.4 is 0 Å². The van der Waals surface area contributed by atoms with Crippen molar-refractivity contribution in [3.05, 3.63) is 47.8 Å². The first kappa shape index (κ1) is 13.2. The molecule has 0 aliphatic rings. The minimum Gasteiger partial charge on any atom is -0.469 e. The molecule has 1 unspecified atom stereocenters. The van der Waals surface area contributed by atoms with Crippen molar-refractivity contribution in [2.24, 2.45) is 0 Å². The first-order chi connectivity index (χ1) is 9.70. The Kier molecular flexibility index (Phi) is 3.49. The molecule has 3 aromatic heterocycles. The number of rotatable bonds is 4. The van der Waals surface area contributed by atoms with Crippen LogP contribution in [0.4, 0.5) is 0 Å². The van der Waals surface area contributed by atoms with E-state index in [0.717, 1.165) is 34.7 Å². The van der Waals surface area contributed by atoms with Gasteiger partial charge in [0, 0.05) is 18.7 Å². The van der Waals surface area contributed by atoms with Crippen LogP contribution in [0.15, 0.2) is 35.1 Å². The predicted octanol–water partition coefficient (Wildman–Crippen LogP) is 3.88. The van der Waals surface area contributed by atoms with Gasteiger partial charge < -0.3 is 8.98 Å². The molecule has 3 heterocycles. The normalized spacial score (nSPS) is 12.9. The second-order valence-corrected chi connectivity index (χ2v) is 5.23. The van der Waals surface area contributed by atoms with Gasteiger partial charge in [0.15, 0.2) is 5.65 Å². The minimum absolute atomic E-state index is 0.189. The minimum atomic E-state index is 0.189. The summed E-state index contributed by atoms with van der Waals surface area (Å²) in [5.74, 6) is 2.17. The Morgan fingerprint density at radius 3 is 2.95 bits per heavy atom. The van der Waals surface area contributed by atoms with Crippen molar-refractivity contribution in [1.82, 2.24) is 14.5 Å². The van der Waals surface area contributed by atoms with E-state index in [0.29, 0.717) is 5.88 Å². The number of hydrogen-bond donors (Lipinski definition) is 0. The number of fused-ring (bicyclic) bond motifs is 1. The molecule has 0 saturated heterocycles. The second kappa shape index (κ2) is 5.29. The van der Waals surface area contributed by atoms with Gasteiger partial charge in [0.25, 0.3) is 0 Å². The molecule has 4 nitrogen and oxygen atoms in total. The molecule has 0 fully saturated rings. The maximum atomic E-state index is 6.05. The van der Waals surface area contributed by atoms with Crippen LogP contribution in [0.1, 0.15) is 30.1 Å². The lowest BCUT2D eigenvalue weighted by molar-refractivity contribution is 0.448. The molecule has 0 radical (unpaired) electrons. The first-order valence-corrected chi connectivity index (χ1v) is 7.15. The Bertz CT molecular complexity index is 718. The van der Waals surface area contributed by atoms with Gasteiger partial charge in [-0.15, -0.1) is 11.6 Å². The van der Waals surface area contributed by atoms with Gasteiger partial charge in [-0.25, -0.2) is 9.97 Å². The molecule has 3 aromatic rings. The molecular formula is C15H16ClN3O. The van der Waals surface area contributed by atoms with Crippen molar-refractivity contribution >= 4 is 22.8 Å². The van der Waals surface area contributed by atoms with Crippen LogP contribution in [0.5, 0.6) is 0 Å². The summed E-state index contributed by atoms with van der Waals surface area (Å²) < 4.78 is 7.53. The standard InChI is InChI=1S/C15H16ClN3O/c1-10-5-6-17-15-14(10)18-13(9-16)19(15)11(2)8-12-4-3-7-20-12/h3-7,11H,8-9H2,1-2H3. The third kappa shape index (κ3) is 2.20. The number of hydrogen-bond acceptors (Lipinski definition) is 3. The molecule has 0 bridgehead atoms. The molecular weight excluding hydrogens is 274 g/mol. The van der Waals surface area contributed by atoms with Crippen molar-refractivity contribution in [3.63, 3.8) is 0 Å². The molecule has 0 aliphatic heterocycles. The largest absolute Gasteiger partial charge is 0.469 e. The molecule has 104 valence electrons. The highest BCUT2D eigenvalue weighted by atomic mass is 35.5.